The van der Waals surface area contributed by atoms with Gasteiger partial charge in [-0.2, -0.15) is 0 Å². The summed E-state index contributed by atoms with van der Waals surface area (Å²) in [5.41, 5.74) is 5.00. The normalized spacial score (nSPS) is 11.3. The minimum atomic E-state index is -0.340. The lowest BCUT2D eigenvalue weighted by Crippen LogP contribution is -2.27. The van der Waals surface area contributed by atoms with E-state index in [1.165, 1.54) is 0 Å². The van der Waals surface area contributed by atoms with E-state index >= 15 is 0 Å². The van der Waals surface area contributed by atoms with E-state index in [-0.39, 0.29) is 23.2 Å². The second kappa shape index (κ2) is 10.5. The van der Waals surface area contributed by atoms with Gasteiger partial charge in [0.15, 0.2) is 12.4 Å². The summed E-state index contributed by atoms with van der Waals surface area (Å²) < 4.78 is 4.87. The van der Waals surface area contributed by atoms with Gasteiger partial charge in [-0.1, -0.05) is 22.0 Å². The summed E-state index contributed by atoms with van der Waals surface area (Å²) in [7, 11) is 3.96. The third-order valence-electron chi connectivity index (χ3n) is 7.55. The Hall–Kier alpha value is -5.28. The molecule has 0 unspecified atom stereocenters. The van der Waals surface area contributed by atoms with Crippen molar-refractivity contribution < 1.29 is 18.7 Å². The highest BCUT2D eigenvalue weighted by Crippen LogP contribution is 2.31. The van der Waals surface area contributed by atoms with Crippen molar-refractivity contribution in [3.05, 3.63) is 119 Å². The predicted molar refractivity (Wildman–Crippen MR) is 171 cm³/mol. The van der Waals surface area contributed by atoms with E-state index in [0.29, 0.717) is 22.4 Å². The molecule has 43 heavy (non-hydrogen) atoms. The number of rotatable bonds is 4. The number of pyridine rings is 4. The Morgan fingerprint density at radius 1 is 0.628 bits per heavy atom. The molecule has 4 aromatic heterocycles. The Morgan fingerprint density at radius 3 is 1.74 bits per heavy atom. The highest BCUT2D eigenvalue weighted by Gasteiger charge is 2.17. The highest BCUT2D eigenvalue weighted by molar-refractivity contribution is 9.10. The number of anilines is 2. The monoisotopic (exact) mass is 628 g/mol. The Bertz CT molecular complexity index is 2280. The number of fused-ring (bicyclic) bond motifs is 5. The van der Waals surface area contributed by atoms with E-state index in [2.05, 4.69) is 26.6 Å². The van der Waals surface area contributed by atoms with Gasteiger partial charge in [0.2, 0.25) is 11.0 Å². The van der Waals surface area contributed by atoms with Crippen molar-refractivity contribution in [2.45, 2.75) is 0 Å². The Labute approximate surface area is 254 Å². The summed E-state index contributed by atoms with van der Waals surface area (Å²) in [6, 6.07) is 28.5. The summed E-state index contributed by atoms with van der Waals surface area (Å²) in [4.78, 5) is 36.0. The van der Waals surface area contributed by atoms with Crippen LogP contribution in [0.2, 0.25) is 0 Å². The third-order valence-corrected chi connectivity index (χ3v) is 8.21. The quantitative estimate of drug-likeness (QED) is 0.185. The van der Waals surface area contributed by atoms with Crippen molar-refractivity contribution in [2.75, 3.05) is 10.6 Å². The first-order chi connectivity index (χ1) is 20.8. The van der Waals surface area contributed by atoms with E-state index in [4.69, 9.17) is 9.97 Å². The van der Waals surface area contributed by atoms with Gasteiger partial charge in [0.1, 0.15) is 25.5 Å². The second-order valence-electron chi connectivity index (χ2n) is 10.4. The predicted octanol–water partition coefficient (Wildman–Crippen LogP) is 6.01. The van der Waals surface area contributed by atoms with Gasteiger partial charge in [0.05, 0.1) is 11.0 Å². The molecular formula is C34H25BrN6O2+2. The SMILES string of the molecule is C[n+]1cccc2cc(NC(=O)c3ccc4cc(Br)c5ccc(C(=O)Nc6ccc7c(ccc[n+]7C)c6)nc5c4n3)ccc21. The van der Waals surface area contributed by atoms with Crippen molar-refractivity contribution in [2.24, 2.45) is 14.1 Å². The number of benzene rings is 3. The largest absolute Gasteiger partial charge is 0.321 e. The van der Waals surface area contributed by atoms with Gasteiger partial charge in [-0.15, -0.1) is 0 Å². The van der Waals surface area contributed by atoms with Crippen LogP contribution in [0.5, 0.6) is 0 Å². The van der Waals surface area contributed by atoms with Gasteiger partial charge in [0, 0.05) is 61.7 Å². The zero-order valence-corrected chi connectivity index (χ0v) is 24.9. The molecule has 7 rings (SSSR count). The maximum Gasteiger partial charge on any atom is 0.274 e. The molecule has 0 spiro atoms. The summed E-state index contributed by atoms with van der Waals surface area (Å²) in [6.45, 7) is 0. The number of aromatic nitrogens is 4. The van der Waals surface area contributed by atoms with Crippen LogP contribution in [0.3, 0.4) is 0 Å². The molecule has 8 nitrogen and oxygen atoms in total. The number of amides is 2. The standard InChI is InChI=1S/C34H23BrN6O2/c1-40-15-3-5-20-17-23(8-13-29(20)40)36-33(42)27-11-7-22-19-26(35)25-10-12-28(39-32(25)31(22)38-27)34(43)37-24-9-14-30-21(18-24)6-4-16-41(30)2/h3-19H,1-2H3/p+2. The summed E-state index contributed by atoms with van der Waals surface area (Å²) in [5.74, 6) is -0.676. The third kappa shape index (κ3) is 4.93. The zero-order chi connectivity index (χ0) is 29.7. The molecule has 0 saturated carbocycles. The number of hydrogen-bond acceptors (Lipinski definition) is 4. The molecule has 0 atom stereocenters. The Kier molecular flexibility index (Phi) is 6.51. The Morgan fingerprint density at radius 2 is 1.16 bits per heavy atom. The van der Waals surface area contributed by atoms with E-state index in [1.807, 2.05) is 114 Å². The number of aryl methyl sites for hydroxylation is 2. The number of nitrogens with zero attached hydrogens (tertiary/aromatic N) is 4. The van der Waals surface area contributed by atoms with Crippen LogP contribution in [0.1, 0.15) is 21.0 Å². The van der Waals surface area contributed by atoms with Crippen LogP contribution < -0.4 is 19.8 Å². The Balaban J connectivity index is 1.22. The van der Waals surface area contributed by atoms with Gasteiger partial charge in [0.25, 0.3) is 11.8 Å². The van der Waals surface area contributed by atoms with Gasteiger partial charge >= 0.3 is 0 Å². The molecule has 0 aliphatic heterocycles. The molecular weight excluding hydrogens is 604 g/mol. The van der Waals surface area contributed by atoms with Crippen LogP contribution in [-0.2, 0) is 14.1 Å². The van der Waals surface area contributed by atoms with Crippen LogP contribution in [-0.4, -0.2) is 21.8 Å². The highest BCUT2D eigenvalue weighted by atomic mass is 79.9. The minimum absolute atomic E-state index is 0.242. The number of halogens is 1. The maximum atomic E-state index is 13.3. The molecule has 0 aliphatic carbocycles. The molecule has 9 heteroatoms. The van der Waals surface area contributed by atoms with Crippen molar-refractivity contribution in [1.82, 2.24) is 9.97 Å². The van der Waals surface area contributed by atoms with Gasteiger partial charge in [-0.25, -0.2) is 19.1 Å². The lowest BCUT2D eigenvalue weighted by Gasteiger charge is -2.10. The summed E-state index contributed by atoms with van der Waals surface area (Å²) >= 11 is 3.63. The zero-order valence-electron chi connectivity index (χ0n) is 23.3. The fourth-order valence-electron chi connectivity index (χ4n) is 5.35. The van der Waals surface area contributed by atoms with Gasteiger partial charge in [-0.3, -0.25) is 9.59 Å². The van der Waals surface area contributed by atoms with Crippen LogP contribution in [0.15, 0.2) is 108 Å². The number of carbonyl (C=O) groups is 2. The fourth-order valence-corrected chi connectivity index (χ4v) is 5.92. The number of carbonyl (C=O) groups excluding carboxylic acids is 2. The molecule has 0 fully saturated rings. The average molecular weight is 630 g/mol. The molecule has 0 aliphatic rings. The van der Waals surface area contributed by atoms with E-state index in [9.17, 15) is 9.59 Å². The number of hydrogen-bond donors (Lipinski definition) is 2. The lowest BCUT2D eigenvalue weighted by atomic mass is 10.1. The molecule has 2 N–H and O–H groups in total. The second-order valence-corrected chi connectivity index (χ2v) is 11.3. The topological polar surface area (TPSA) is 91.7 Å². The van der Waals surface area contributed by atoms with Gasteiger partial charge < -0.3 is 10.6 Å². The minimum Gasteiger partial charge on any atom is -0.321 e. The van der Waals surface area contributed by atoms with Crippen LogP contribution >= 0.6 is 15.9 Å². The maximum absolute atomic E-state index is 13.3. The molecule has 0 radical (unpaired) electrons. The summed E-state index contributed by atoms with van der Waals surface area (Å²) in [5, 5.41) is 9.53. The van der Waals surface area contributed by atoms with Crippen LogP contribution in [0.4, 0.5) is 11.4 Å². The molecule has 2 amide bonds. The molecule has 7 aromatic rings. The lowest BCUT2D eigenvalue weighted by molar-refractivity contribution is -0.645. The first-order valence-electron chi connectivity index (χ1n) is 13.6. The van der Waals surface area contributed by atoms with Crippen LogP contribution in [0, 0.1) is 0 Å². The van der Waals surface area contributed by atoms with Crippen molar-refractivity contribution in [1.29, 1.82) is 0 Å². The van der Waals surface area contributed by atoms with E-state index in [1.54, 1.807) is 12.1 Å². The van der Waals surface area contributed by atoms with Crippen molar-refractivity contribution >= 4 is 82.7 Å². The first kappa shape index (κ1) is 26.6. The molecule has 0 saturated heterocycles. The first-order valence-corrected chi connectivity index (χ1v) is 14.4. The fraction of sp³-hybridized carbons (Fsp3) is 0.0588. The van der Waals surface area contributed by atoms with Crippen LogP contribution in [0.25, 0.3) is 43.6 Å². The van der Waals surface area contributed by atoms with Crippen molar-refractivity contribution in [3.8, 4) is 0 Å². The molecule has 208 valence electrons. The molecule has 3 aromatic carbocycles. The summed E-state index contributed by atoms with van der Waals surface area (Å²) in [6.07, 6.45) is 3.96. The molecule has 0 bridgehead atoms. The smallest absolute Gasteiger partial charge is 0.274 e. The van der Waals surface area contributed by atoms with E-state index < -0.39 is 0 Å². The van der Waals surface area contributed by atoms with E-state index in [0.717, 1.165) is 37.1 Å². The van der Waals surface area contributed by atoms with Crippen molar-refractivity contribution in [3.63, 3.8) is 0 Å². The average Bonchev–Trinajstić information content (AvgIpc) is 3.01. The van der Waals surface area contributed by atoms with Gasteiger partial charge in [-0.05, 0) is 60.7 Å². The number of nitrogens with one attached hydrogen (secondary N) is 2. The molecule has 4 heterocycles.